The molecule has 8 nitrogen and oxygen atoms in total. The van der Waals surface area contributed by atoms with Gasteiger partial charge in [0, 0.05) is 12.8 Å². The molecule has 0 bridgehead atoms. The first-order valence-electron chi connectivity index (χ1n) is 20.4. The van der Waals surface area contributed by atoms with Crippen LogP contribution in [0.25, 0.3) is 0 Å². The van der Waals surface area contributed by atoms with Crippen molar-refractivity contribution in [2.24, 2.45) is 11.8 Å². The third-order valence-corrected chi connectivity index (χ3v) is 11.0. The molecule has 5 rings (SSSR count). The van der Waals surface area contributed by atoms with E-state index in [1.54, 1.807) is 18.2 Å². The lowest BCUT2D eigenvalue weighted by atomic mass is 9.84. The van der Waals surface area contributed by atoms with Gasteiger partial charge in [-0.1, -0.05) is 57.9 Å². The van der Waals surface area contributed by atoms with E-state index in [-0.39, 0.29) is 36.1 Å². The Kier molecular flexibility index (Phi) is 15.7. The van der Waals surface area contributed by atoms with E-state index in [2.05, 4.69) is 13.8 Å². The molecule has 3 aromatic rings. The highest BCUT2D eigenvalue weighted by Crippen LogP contribution is 2.32. The summed E-state index contributed by atoms with van der Waals surface area (Å²) in [6.45, 7) is 6.25. The number of esters is 4. The Labute approximate surface area is 321 Å². The quantitative estimate of drug-likeness (QED) is 0.0996. The van der Waals surface area contributed by atoms with Crippen molar-refractivity contribution in [2.45, 2.75) is 142 Å². The van der Waals surface area contributed by atoms with Crippen molar-refractivity contribution in [1.82, 2.24) is 0 Å². The van der Waals surface area contributed by atoms with Crippen molar-refractivity contribution >= 4 is 23.9 Å². The molecule has 0 aromatic heterocycles. The Bertz CT molecular complexity index is 1660. The SMILES string of the molecule is CCCc1ccc(C(=O)OC2CCC(CCC(=O)Oc3ccc(OC(=O)CCC4CCC(OC(=O)c5ccc(CCC)cc5)CC4)c(CC)c3)CC2)cc1. The minimum atomic E-state index is -0.285. The van der Waals surface area contributed by atoms with Crippen molar-refractivity contribution < 1.29 is 38.1 Å². The monoisotopic (exact) mass is 738 g/mol. The molecule has 3 aromatic carbocycles. The van der Waals surface area contributed by atoms with Crippen LogP contribution in [0.15, 0.2) is 66.7 Å². The highest BCUT2D eigenvalue weighted by atomic mass is 16.6. The number of hydrogen-bond donors (Lipinski definition) is 0. The molecule has 0 atom stereocenters. The summed E-state index contributed by atoms with van der Waals surface area (Å²) in [5.74, 6) is 0.620. The van der Waals surface area contributed by atoms with Crippen LogP contribution < -0.4 is 9.47 Å². The molecular weight excluding hydrogens is 680 g/mol. The summed E-state index contributed by atoms with van der Waals surface area (Å²) in [7, 11) is 0. The molecule has 2 saturated carbocycles. The highest BCUT2D eigenvalue weighted by molar-refractivity contribution is 5.90. The fourth-order valence-corrected chi connectivity index (χ4v) is 7.70. The summed E-state index contributed by atoms with van der Waals surface area (Å²) in [6.07, 6.45) is 13.5. The Morgan fingerprint density at radius 2 is 1.00 bits per heavy atom. The zero-order chi connectivity index (χ0) is 38.3. The maximum atomic E-state index is 12.8. The van der Waals surface area contributed by atoms with Gasteiger partial charge >= 0.3 is 23.9 Å². The fraction of sp³-hybridized carbons (Fsp3) is 0.522. The van der Waals surface area contributed by atoms with Crippen LogP contribution >= 0.6 is 0 Å². The van der Waals surface area contributed by atoms with Crippen LogP contribution in [0.5, 0.6) is 11.5 Å². The molecule has 2 aliphatic rings. The summed E-state index contributed by atoms with van der Waals surface area (Å²) < 4.78 is 23.0. The van der Waals surface area contributed by atoms with Crippen LogP contribution in [0.4, 0.5) is 0 Å². The number of carbonyl (C=O) groups is 4. The molecule has 0 saturated heterocycles. The van der Waals surface area contributed by atoms with Gasteiger partial charge in [0.05, 0.1) is 11.1 Å². The first kappa shape index (κ1) is 40.7. The average molecular weight is 739 g/mol. The fourth-order valence-electron chi connectivity index (χ4n) is 7.70. The van der Waals surface area contributed by atoms with Gasteiger partial charge in [-0.05, 0) is 154 Å². The number of hydrogen-bond acceptors (Lipinski definition) is 8. The maximum absolute atomic E-state index is 12.8. The zero-order valence-corrected chi connectivity index (χ0v) is 32.4. The third-order valence-electron chi connectivity index (χ3n) is 11.0. The van der Waals surface area contributed by atoms with Gasteiger partial charge in [-0.25, -0.2) is 9.59 Å². The zero-order valence-electron chi connectivity index (χ0n) is 32.4. The minimum Gasteiger partial charge on any atom is -0.459 e. The molecule has 290 valence electrons. The van der Waals surface area contributed by atoms with Crippen molar-refractivity contribution in [3.8, 4) is 11.5 Å². The Hall–Kier alpha value is -4.46. The van der Waals surface area contributed by atoms with Crippen LogP contribution in [0.1, 0.15) is 148 Å². The van der Waals surface area contributed by atoms with Crippen LogP contribution in [-0.4, -0.2) is 36.1 Å². The Balaban J connectivity index is 0.965. The molecule has 8 heteroatoms. The predicted octanol–water partition coefficient (Wildman–Crippen LogP) is 10.4. The molecule has 0 N–H and O–H groups in total. The van der Waals surface area contributed by atoms with Gasteiger partial charge in [0.1, 0.15) is 23.7 Å². The number of carbonyl (C=O) groups excluding carboxylic acids is 4. The van der Waals surface area contributed by atoms with Gasteiger partial charge in [-0.15, -0.1) is 0 Å². The van der Waals surface area contributed by atoms with E-state index >= 15 is 0 Å². The van der Waals surface area contributed by atoms with E-state index in [0.29, 0.717) is 53.7 Å². The predicted molar refractivity (Wildman–Crippen MR) is 209 cm³/mol. The summed E-state index contributed by atoms with van der Waals surface area (Å²) in [5, 5.41) is 0. The topological polar surface area (TPSA) is 105 Å². The lowest BCUT2D eigenvalue weighted by Crippen LogP contribution is -2.25. The molecule has 2 aliphatic carbocycles. The second kappa shape index (κ2) is 20.8. The van der Waals surface area contributed by atoms with Crippen molar-refractivity contribution in [2.75, 3.05) is 0 Å². The van der Waals surface area contributed by atoms with Gasteiger partial charge < -0.3 is 18.9 Å². The summed E-state index contributed by atoms with van der Waals surface area (Å²) in [4.78, 5) is 50.8. The molecule has 0 radical (unpaired) electrons. The van der Waals surface area contributed by atoms with E-state index in [1.807, 2.05) is 55.5 Å². The van der Waals surface area contributed by atoms with Crippen LogP contribution in [0.2, 0.25) is 0 Å². The number of rotatable bonds is 17. The molecule has 0 amide bonds. The second-order valence-electron chi connectivity index (χ2n) is 15.1. The van der Waals surface area contributed by atoms with Gasteiger partial charge in [0.15, 0.2) is 0 Å². The minimum absolute atomic E-state index is 0.0890. The van der Waals surface area contributed by atoms with E-state index in [4.69, 9.17) is 18.9 Å². The van der Waals surface area contributed by atoms with E-state index in [9.17, 15) is 19.2 Å². The summed E-state index contributed by atoms with van der Waals surface area (Å²) in [5.41, 5.74) is 4.43. The van der Waals surface area contributed by atoms with Crippen molar-refractivity contribution in [1.29, 1.82) is 0 Å². The van der Waals surface area contributed by atoms with Gasteiger partial charge in [-0.3, -0.25) is 9.59 Å². The first-order valence-corrected chi connectivity index (χ1v) is 20.4. The summed E-state index contributed by atoms with van der Waals surface area (Å²) >= 11 is 0. The standard InChI is InChI=1S/C46H58O8/c1-4-7-32-9-19-37(20-10-32)45(49)52-39-23-13-34(14-24-39)17-29-43(47)51-41-27-28-42(36(6-3)31-41)54-44(48)30-18-35-15-25-40(26-16-35)53-46(50)38-21-11-33(8-5-2)12-22-38/h9-12,19-22,27-28,31,34-35,39-40H,4-8,13-18,23-26,29-30H2,1-3H3. The smallest absolute Gasteiger partial charge is 0.338 e. The normalized spacial score (nSPS) is 19.8. The molecule has 0 aliphatic heterocycles. The van der Waals surface area contributed by atoms with Gasteiger partial charge in [0.2, 0.25) is 0 Å². The van der Waals surface area contributed by atoms with E-state index < -0.39 is 0 Å². The second-order valence-corrected chi connectivity index (χ2v) is 15.1. The molecule has 54 heavy (non-hydrogen) atoms. The lowest BCUT2D eigenvalue weighted by Gasteiger charge is -2.28. The van der Waals surface area contributed by atoms with E-state index in [0.717, 1.165) is 95.5 Å². The third kappa shape index (κ3) is 12.6. The molecular formula is C46H58O8. The Morgan fingerprint density at radius 1 is 0.556 bits per heavy atom. The maximum Gasteiger partial charge on any atom is 0.338 e. The van der Waals surface area contributed by atoms with Crippen molar-refractivity contribution in [3.63, 3.8) is 0 Å². The molecule has 0 unspecified atom stereocenters. The van der Waals surface area contributed by atoms with Gasteiger partial charge in [0.25, 0.3) is 0 Å². The lowest BCUT2D eigenvalue weighted by molar-refractivity contribution is -0.136. The Morgan fingerprint density at radius 3 is 1.43 bits per heavy atom. The van der Waals surface area contributed by atoms with Gasteiger partial charge in [-0.2, -0.15) is 0 Å². The largest absolute Gasteiger partial charge is 0.459 e. The van der Waals surface area contributed by atoms with Crippen LogP contribution in [-0.2, 0) is 38.3 Å². The van der Waals surface area contributed by atoms with Crippen molar-refractivity contribution in [3.05, 3.63) is 94.5 Å². The highest BCUT2D eigenvalue weighted by Gasteiger charge is 2.27. The van der Waals surface area contributed by atoms with Crippen LogP contribution in [0, 0.1) is 11.8 Å². The number of benzene rings is 3. The first-order chi connectivity index (χ1) is 26.2. The van der Waals surface area contributed by atoms with E-state index in [1.165, 1.54) is 11.1 Å². The molecule has 0 spiro atoms. The average Bonchev–Trinajstić information content (AvgIpc) is 3.18. The number of aryl methyl sites for hydroxylation is 3. The number of ether oxygens (including phenoxy) is 4. The molecule has 2 fully saturated rings. The summed E-state index contributed by atoms with van der Waals surface area (Å²) in [6, 6.07) is 20.5. The van der Waals surface area contributed by atoms with Crippen LogP contribution in [0.3, 0.4) is 0 Å². The molecule has 0 heterocycles.